The van der Waals surface area contributed by atoms with Crippen LogP contribution in [0.1, 0.15) is 23.7 Å². The number of nitrogens with zero attached hydrogens (tertiary/aromatic N) is 1. The van der Waals surface area contributed by atoms with E-state index in [-0.39, 0.29) is 17.8 Å². The number of halogens is 1. The Morgan fingerprint density at radius 3 is 2.76 bits per heavy atom. The first-order valence-corrected chi connectivity index (χ1v) is 8.58. The van der Waals surface area contributed by atoms with E-state index in [4.69, 9.17) is 4.74 Å². The van der Waals surface area contributed by atoms with Crippen molar-refractivity contribution in [3.63, 3.8) is 0 Å². The van der Waals surface area contributed by atoms with Gasteiger partial charge in [0.15, 0.2) is 0 Å². The number of rotatable bonds is 5. The van der Waals surface area contributed by atoms with Crippen LogP contribution in [0.5, 0.6) is 0 Å². The minimum absolute atomic E-state index is 0.108. The van der Waals surface area contributed by atoms with E-state index in [0.717, 1.165) is 16.8 Å². The Labute approximate surface area is 147 Å². The summed E-state index contributed by atoms with van der Waals surface area (Å²) in [4.78, 5) is 14.3. The zero-order valence-electron chi connectivity index (χ0n) is 14.4. The number of ether oxygens (including phenoxy) is 1. The third kappa shape index (κ3) is 4.57. The van der Waals surface area contributed by atoms with Gasteiger partial charge in [-0.2, -0.15) is 0 Å². The van der Waals surface area contributed by atoms with Gasteiger partial charge in [0.2, 0.25) is 5.91 Å². The monoisotopic (exact) mass is 342 g/mol. The van der Waals surface area contributed by atoms with Crippen molar-refractivity contribution in [1.29, 1.82) is 0 Å². The molecule has 1 N–H and O–H groups in total. The number of anilines is 1. The number of morpholine rings is 1. The standard InChI is InChI=1S/C20H23FN2O2/c1-15-4-2-3-5-18(15)22-11-10-20(24)23-12-13-25-19(14-23)16-6-8-17(21)9-7-16/h2-9,19,22H,10-14H2,1H3. The number of carbonyl (C=O) groups is 1. The molecule has 1 saturated heterocycles. The number of carbonyl (C=O) groups excluding carboxylic acids is 1. The molecule has 0 saturated carbocycles. The summed E-state index contributed by atoms with van der Waals surface area (Å²) in [5.41, 5.74) is 3.12. The molecule has 0 radical (unpaired) electrons. The summed E-state index contributed by atoms with van der Waals surface area (Å²) < 4.78 is 18.8. The Morgan fingerprint density at radius 1 is 1.24 bits per heavy atom. The first kappa shape index (κ1) is 17.4. The van der Waals surface area contributed by atoms with Crippen molar-refractivity contribution >= 4 is 11.6 Å². The van der Waals surface area contributed by atoms with Gasteiger partial charge >= 0.3 is 0 Å². The van der Waals surface area contributed by atoms with Gasteiger partial charge in [-0.15, -0.1) is 0 Å². The molecule has 3 rings (SSSR count). The van der Waals surface area contributed by atoms with Crippen molar-refractivity contribution in [2.45, 2.75) is 19.4 Å². The smallest absolute Gasteiger partial charge is 0.224 e. The molecule has 5 heteroatoms. The molecule has 25 heavy (non-hydrogen) atoms. The van der Waals surface area contributed by atoms with Crippen molar-refractivity contribution < 1.29 is 13.9 Å². The van der Waals surface area contributed by atoms with E-state index in [0.29, 0.717) is 32.7 Å². The molecule has 0 spiro atoms. The van der Waals surface area contributed by atoms with E-state index in [1.54, 1.807) is 12.1 Å². The van der Waals surface area contributed by atoms with Gasteiger partial charge in [-0.05, 0) is 36.2 Å². The second kappa shape index (κ2) is 8.12. The Balaban J connectivity index is 1.51. The summed E-state index contributed by atoms with van der Waals surface area (Å²) in [6.07, 6.45) is 0.243. The van der Waals surface area contributed by atoms with Crippen LogP contribution in [-0.4, -0.2) is 37.0 Å². The Morgan fingerprint density at radius 2 is 2.00 bits per heavy atom. The molecule has 1 atom stereocenters. The number of nitrogens with one attached hydrogen (secondary N) is 1. The van der Waals surface area contributed by atoms with Crippen molar-refractivity contribution in [2.75, 3.05) is 31.6 Å². The molecule has 132 valence electrons. The molecule has 1 aliphatic heterocycles. The van der Waals surface area contributed by atoms with Crippen LogP contribution in [0.2, 0.25) is 0 Å². The molecule has 1 aliphatic rings. The quantitative estimate of drug-likeness (QED) is 0.904. The van der Waals surface area contributed by atoms with Crippen molar-refractivity contribution in [3.8, 4) is 0 Å². The van der Waals surface area contributed by atoms with Crippen LogP contribution >= 0.6 is 0 Å². The topological polar surface area (TPSA) is 41.6 Å². The molecule has 1 fully saturated rings. The third-order valence-corrected chi connectivity index (χ3v) is 4.46. The summed E-state index contributed by atoms with van der Waals surface area (Å²) in [7, 11) is 0. The molecule has 0 aromatic heterocycles. The van der Waals surface area contributed by atoms with Gasteiger partial charge in [-0.1, -0.05) is 30.3 Å². The first-order valence-electron chi connectivity index (χ1n) is 8.58. The maximum Gasteiger partial charge on any atom is 0.224 e. The summed E-state index contributed by atoms with van der Waals surface area (Å²) in [6, 6.07) is 14.3. The normalized spacial score (nSPS) is 17.4. The number of amides is 1. The molecule has 2 aromatic rings. The highest BCUT2D eigenvalue weighted by molar-refractivity contribution is 5.77. The lowest BCUT2D eigenvalue weighted by Gasteiger charge is -2.33. The van der Waals surface area contributed by atoms with Gasteiger partial charge in [0.25, 0.3) is 0 Å². The van der Waals surface area contributed by atoms with E-state index in [9.17, 15) is 9.18 Å². The van der Waals surface area contributed by atoms with Gasteiger partial charge in [-0.25, -0.2) is 4.39 Å². The number of para-hydroxylation sites is 1. The molecule has 1 amide bonds. The van der Waals surface area contributed by atoms with Gasteiger partial charge in [0.1, 0.15) is 11.9 Å². The second-order valence-electron chi connectivity index (χ2n) is 6.24. The van der Waals surface area contributed by atoms with Gasteiger partial charge < -0.3 is 15.0 Å². The molecule has 0 bridgehead atoms. The number of hydrogen-bond acceptors (Lipinski definition) is 3. The minimum Gasteiger partial charge on any atom is -0.384 e. The maximum atomic E-state index is 13.1. The molecular weight excluding hydrogens is 319 g/mol. The zero-order chi connectivity index (χ0) is 17.6. The summed E-state index contributed by atoms with van der Waals surface area (Å²) in [5, 5.41) is 3.31. The lowest BCUT2D eigenvalue weighted by Crippen LogP contribution is -2.42. The highest BCUT2D eigenvalue weighted by atomic mass is 19.1. The van der Waals surface area contributed by atoms with Crippen molar-refractivity contribution in [3.05, 3.63) is 65.5 Å². The van der Waals surface area contributed by atoms with Gasteiger partial charge in [0, 0.05) is 25.2 Å². The Hall–Kier alpha value is -2.40. The summed E-state index contributed by atoms with van der Waals surface area (Å²) >= 11 is 0. The third-order valence-electron chi connectivity index (χ3n) is 4.46. The van der Waals surface area contributed by atoms with Crippen LogP contribution in [0, 0.1) is 12.7 Å². The fraction of sp³-hybridized carbons (Fsp3) is 0.350. The molecule has 1 unspecified atom stereocenters. The van der Waals surface area contributed by atoms with Crippen LogP contribution in [0.25, 0.3) is 0 Å². The number of benzene rings is 2. The van der Waals surface area contributed by atoms with E-state index in [1.165, 1.54) is 12.1 Å². The van der Waals surface area contributed by atoms with Crippen LogP contribution < -0.4 is 5.32 Å². The molecule has 4 nitrogen and oxygen atoms in total. The summed E-state index contributed by atoms with van der Waals surface area (Å²) in [5.74, 6) is -0.161. The number of hydrogen-bond donors (Lipinski definition) is 1. The van der Waals surface area contributed by atoms with Crippen molar-refractivity contribution in [1.82, 2.24) is 4.90 Å². The van der Waals surface area contributed by atoms with E-state index >= 15 is 0 Å². The predicted molar refractivity (Wildman–Crippen MR) is 96.0 cm³/mol. The van der Waals surface area contributed by atoms with Crippen LogP contribution in [-0.2, 0) is 9.53 Å². The molecule has 0 aliphatic carbocycles. The zero-order valence-corrected chi connectivity index (χ0v) is 14.4. The van der Waals surface area contributed by atoms with Gasteiger partial charge in [-0.3, -0.25) is 4.79 Å². The lowest BCUT2D eigenvalue weighted by molar-refractivity contribution is -0.138. The maximum absolute atomic E-state index is 13.1. The fourth-order valence-corrected chi connectivity index (χ4v) is 2.99. The average Bonchev–Trinajstić information content (AvgIpc) is 2.64. The van der Waals surface area contributed by atoms with Gasteiger partial charge in [0.05, 0.1) is 13.2 Å². The Kier molecular flexibility index (Phi) is 5.66. The number of aryl methyl sites for hydroxylation is 1. The van der Waals surface area contributed by atoms with Crippen LogP contribution in [0.3, 0.4) is 0 Å². The minimum atomic E-state index is -0.269. The second-order valence-corrected chi connectivity index (χ2v) is 6.24. The van der Waals surface area contributed by atoms with E-state index in [1.807, 2.05) is 36.1 Å². The van der Waals surface area contributed by atoms with E-state index in [2.05, 4.69) is 5.32 Å². The Bertz CT molecular complexity index is 718. The van der Waals surface area contributed by atoms with Crippen LogP contribution in [0.4, 0.5) is 10.1 Å². The average molecular weight is 342 g/mol. The van der Waals surface area contributed by atoms with E-state index < -0.39 is 0 Å². The fourth-order valence-electron chi connectivity index (χ4n) is 2.99. The molecule has 2 aromatic carbocycles. The predicted octanol–water partition coefficient (Wildman–Crippen LogP) is 3.54. The highest BCUT2D eigenvalue weighted by Gasteiger charge is 2.25. The first-order chi connectivity index (χ1) is 12.1. The van der Waals surface area contributed by atoms with Crippen LogP contribution in [0.15, 0.2) is 48.5 Å². The molecular formula is C20H23FN2O2. The SMILES string of the molecule is Cc1ccccc1NCCC(=O)N1CCOC(c2ccc(F)cc2)C1. The van der Waals surface area contributed by atoms with Crippen molar-refractivity contribution in [2.24, 2.45) is 0 Å². The highest BCUT2D eigenvalue weighted by Crippen LogP contribution is 2.23. The summed E-state index contributed by atoms with van der Waals surface area (Å²) in [6.45, 7) is 4.25. The molecule has 1 heterocycles. The largest absolute Gasteiger partial charge is 0.384 e. The lowest BCUT2D eigenvalue weighted by atomic mass is 10.1.